The van der Waals surface area contributed by atoms with Crippen LogP contribution in [0.5, 0.6) is 5.75 Å². The fraction of sp³-hybridized carbons (Fsp3) is 0.160. The van der Waals surface area contributed by atoms with Crippen molar-refractivity contribution in [2.24, 2.45) is 0 Å². The second kappa shape index (κ2) is 9.20. The van der Waals surface area contributed by atoms with Gasteiger partial charge >= 0.3 is 0 Å². The quantitative estimate of drug-likeness (QED) is 0.446. The third-order valence-corrected chi connectivity index (χ3v) is 5.33. The van der Waals surface area contributed by atoms with Crippen LogP contribution in [0.1, 0.15) is 5.56 Å². The first kappa shape index (κ1) is 22.1. The zero-order chi connectivity index (χ0) is 23.5. The highest BCUT2D eigenvalue weighted by molar-refractivity contribution is 5.93. The Labute approximate surface area is 188 Å². The maximum Gasteiger partial charge on any atom is 0.275 e. The van der Waals surface area contributed by atoms with Crippen LogP contribution in [0.3, 0.4) is 0 Å². The second-order valence-corrected chi connectivity index (χ2v) is 7.59. The van der Waals surface area contributed by atoms with Crippen LogP contribution in [-0.2, 0) is 17.9 Å². The molecule has 0 aliphatic carbocycles. The monoisotopic (exact) mass is 449 g/mol. The summed E-state index contributed by atoms with van der Waals surface area (Å²) >= 11 is 0. The number of rotatable bonds is 6. The van der Waals surface area contributed by atoms with Crippen molar-refractivity contribution in [2.45, 2.75) is 13.1 Å². The molecular formula is C25H21F2N3O3. The molecule has 0 N–H and O–H groups in total. The number of nitrogens with zero attached hydrogens (tertiary/aromatic N) is 3. The average molecular weight is 449 g/mol. The van der Waals surface area contributed by atoms with E-state index in [1.807, 2.05) is 24.3 Å². The molecule has 1 heterocycles. The van der Waals surface area contributed by atoms with Gasteiger partial charge in [0.05, 0.1) is 18.2 Å². The molecule has 0 atom stereocenters. The topological polar surface area (TPSA) is 64.4 Å². The predicted octanol–water partition coefficient (Wildman–Crippen LogP) is 4.01. The summed E-state index contributed by atoms with van der Waals surface area (Å²) < 4.78 is 33.6. The zero-order valence-electron chi connectivity index (χ0n) is 18.1. The number of hydrogen-bond acceptors (Lipinski definition) is 4. The Balaban J connectivity index is 1.68. The van der Waals surface area contributed by atoms with Crippen LogP contribution in [0, 0.1) is 11.6 Å². The van der Waals surface area contributed by atoms with Gasteiger partial charge in [0.2, 0.25) is 5.91 Å². The van der Waals surface area contributed by atoms with Crippen LogP contribution in [0.2, 0.25) is 0 Å². The van der Waals surface area contributed by atoms with E-state index in [0.29, 0.717) is 28.6 Å². The minimum absolute atomic E-state index is 0.285. The number of fused-ring (bicyclic) bond motifs is 1. The largest absolute Gasteiger partial charge is 0.497 e. The van der Waals surface area contributed by atoms with Crippen LogP contribution >= 0.6 is 0 Å². The molecule has 4 rings (SSSR count). The first-order valence-corrected chi connectivity index (χ1v) is 10.2. The van der Waals surface area contributed by atoms with Gasteiger partial charge in [-0.1, -0.05) is 30.3 Å². The van der Waals surface area contributed by atoms with E-state index in [1.165, 1.54) is 11.0 Å². The van der Waals surface area contributed by atoms with E-state index in [1.54, 1.807) is 38.4 Å². The highest BCUT2D eigenvalue weighted by Crippen LogP contribution is 2.26. The number of likely N-dealkylation sites (N-methyl/N-ethyl adjacent to an activating group) is 1. The molecule has 0 fully saturated rings. The summed E-state index contributed by atoms with van der Waals surface area (Å²) in [6, 6.07) is 17.5. The average Bonchev–Trinajstić information content (AvgIpc) is 2.82. The lowest BCUT2D eigenvalue weighted by Gasteiger charge is -2.19. The van der Waals surface area contributed by atoms with Crippen molar-refractivity contribution in [3.8, 4) is 17.0 Å². The van der Waals surface area contributed by atoms with E-state index in [2.05, 4.69) is 5.10 Å². The number of hydrogen-bond donors (Lipinski definition) is 0. The Bertz CT molecular complexity index is 1400. The van der Waals surface area contributed by atoms with Crippen molar-refractivity contribution < 1.29 is 18.3 Å². The van der Waals surface area contributed by atoms with Crippen molar-refractivity contribution in [1.29, 1.82) is 0 Å². The van der Waals surface area contributed by atoms with Crippen LogP contribution in [0.15, 0.2) is 71.5 Å². The summed E-state index contributed by atoms with van der Waals surface area (Å²) in [5.41, 5.74) is 1.01. The van der Waals surface area contributed by atoms with Gasteiger partial charge in [-0.25, -0.2) is 13.5 Å². The fourth-order valence-corrected chi connectivity index (χ4v) is 3.58. The SMILES string of the molecule is COc1cccc(CN(C)C(=O)Cn2nc(-c3ccc(F)c(F)c3)c3ccccc3c2=O)c1. The Hall–Kier alpha value is -4.07. The molecule has 168 valence electrons. The molecule has 33 heavy (non-hydrogen) atoms. The van der Waals surface area contributed by atoms with Crippen molar-refractivity contribution in [1.82, 2.24) is 14.7 Å². The third kappa shape index (κ3) is 4.59. The zero-order valence-corrected chi connectivity index (χ0v) is 18.1. The molecule has 0 aliphatic rings. The molecule has 0 aliphatic heterocycles. The summed E-state index contributed by atoms with van der Waals surface area (Å²) in [5.74, 6) is -1.66. The van der Waals surface area contributed by atoms with Gasteiger partial charge in [0.25, 0.3) is 5.56 Å². The lowest BCUT2D eigenvalue weighted by atomic mass is 10.0. The number of aromatic nitrogens is 2. The first-order valence-electron chi connectivity index (χ1n) is 10.2. The van der Waals surface area contributed by atoms with Crippen molar-refractivity contribution >= 4 is 16.7 Å². The molecule has 1 amide bonds. The summed E-state index contributed by atoms with van der Waals surface area (Å²) in [7, 11) is 3.19. The van der Waals surface area contributed by atoms with E-state index in [0.717, 1.165) is 22.4 Å². The highest BCUT2D eigenvalue weighted by Gasteiger charge is 2.17. The standard InChI is InChI=1S/C25H21F2N3O3/c1-29(14-16-6-5-7-18(12-16)33-2)23(31)15-30-25(32)20-9-4-3-8-19(20)24(28-30)17-10-11-21(26)22(27)13-17/h3-13H,14-15H2,1-2H3. The van der Waals surface area contributed by atoms with Gasteiger partial charge in [-0.15, -0.1) is 0 Å². The van der Waals surface area contributed by atoms with Gasteiger partial charge in [-0.3, -0.25) is 9.59 Å². The molecule has 4 aromatic rings. The van der Waals surface area contributed by atoms with Crippen LogP contribution < -0.4 is 10.3 Å². The van der Waals surface area contributed by atoms with E-state index in [4.69, 9.17) is 4.74 Å². The first-order chi connectivity index (χ1) is 15.9. The van der Waals surface area contributed by atoms with Gasteiger partial charge < -0.3 is 9.64 Å². The fourth-order valence-electron chi connectivity index (χ4n) is 3.58. The number of benzene rings is 3. The Morgan fingerprint density at radius 3 is 2.48 bits per heavy atom. The molecule has 8 heteroatoms. The molecular weight excluding hydrogens is 428 g/mol. The van der Waals surface area contributed by atoms with Crippen LogP contribution in [0.25, 0.3) is 22.0 Å². The summed E-state index contributed by atoms with van der Waals surface area (Å²) in [6.45, 7) is 0.00914. The third-order valence-electron chi connectivity index (χ3n) is 5.33. The van der Waals surface area contributed by atoms with Crippen LogP contribution in [0.4, 0.5) is 8.78 Å². The molecule has 3 aromatic carbocycles. The maximum atomic E-state index is 13.9. The van der Waals surface area contributed by atoms with Gasteiger partial charge in [-0.2, -0.15) is 5.10 Å². The summed E-state index contributed by atoms with van der Waals surface area (Å²) in [5, 5.41) is 5.16. The molecule has 0 radical (unpaired) electrons. The Morgan fingerprint density at radius 2 is 1.76 bits per heavy atom. The Kier molecular flexibility index (Phi) is 6.17. The van der Waals surface area contributed by atoms with Gasteiger partial charge in [0, 0.05) is 24.5 Å². The lowest BCUT2D eigenvalue weighted by molar-refractivity contribution is -0.131. The molecule has 6 nitrogen and oxygen atoms in total. The van der Waals surface area contributed by atoms with Gasteiger partial charge in [0.1, 0.15) is 12.3 Å². The second-order valence-electron chi connectivity index (χ2n) is 7.59. The lowest BCUT2D eigenvalue weighted by Crippen LogP contribution is -2.35. The molecule has 0 bridgehead atoms. The Morgan fingerprint density at radius 1 is 1.00 bits per heavy atom. The smallest absolute Gasteiger partial charge is 0.275 e. The minimum Gasteiger partial charge on any atom is -0.497 e. The maximum absolute atomic E-state index is 13.9. The predicted molar refractivity (Wildman–Crippen MR) is 121 cm³/mol. The number of ether oxygens (including phenoxy) is 1. The van der Waals surface area contributed by atoms with Gasteiger partial charge in [-0.05, 0) is 42.0 Å². The molecule has 0 saturated heterocycles. The van der Waals surface area contributed by atoms with E-state index < -0.39 is 17.2 Å². The minimum atomic E-state index is -1.02. The number of methoxy groups -OCH3 is 1. The normalized spacial score (nSPS) is 10.9. The molecule has 0 saturated carbocycles. The molecule has 1 aromatic heterocycles. The van der Waals surface area contributed by atoms with E-state index in [-0.39, 0.29) is 18.1 Å². The van der Waals surface area contributed by atoms with Crippen molar-refractivity contribution in [3.63, 3.8) is 0 Å². The van der Waals surface area contributed by atoms with Crippen molar-refractivity contribution in [2.75, 3.05) is 14.2 Å². The number of carbonyl (C=O) groups excluding carboxylic acids is 1. The molecule has 0 unspecified atom stereocenters. The van der Waals surface area contributed by atoms with E-state index in [9.17, 15) is 18.4 Å². The summed E-state index contributed by atoms with van der Waals surface area (Å²) in [4.78, 5) is 27.4. The van der Waals surface area contributed by atoms with E-state index >= 15 is 0 Å². The number of amides is 1. The summed E-state index contributed by atoms with van der Waals surface area (Å²) in [6.07, 6.45) is 0. The number of carbonyl (C=O) groups is 1. The van der Waals surface area contributed by atoms with Crippen LogP contribution in [-0.4, -0.2) is 34.7 Å². The highest BCUT2D eigenvalue weighted by atomic mass is 19.2. The molecule has 0 spiro atoms. The number of halogens is 2. The van der Waals surface area contributed by atoms with Crippen molar-refractivity contribution in [3.05, 3.63) is 94.3 Å². The van der Waals surface area contributed by atoms with Gasteiger partial charge in [0.15, 0.2) is 11.6 Å².